The largest absolute Gasteiger partial charge is 0.480 e. The summed E-state index contributed by atoms with van der Waals surface area (Å²) in [5.74, 6) is -1.97. The van der Waals surface area contributed by atoms with Crippen molar-refractivity contribution in [2.24, 2.45) is 5.73 Å². The minimum Gasteiger partial charge on any atom is -0.480 e. The molecule has 240 valence electrons. The zero-order valence-electron chi connectivity index (χ0n) is 24.5. The molecule has 0 saturated heterocycles. The molecule has 3 aromatic rings. The minimum absolute atomic E-state index is 0.0118. The Balaban J connectivity index is 1.33. The van der Waals surface area contributed by atoms with Crippen molar-refractivity contribution < 1.29 is 52.3 Å². The third-order valence-electron chi connectivity index (χ3n) is 6.33. The lowest BCUT2D eigenvalue weighted by Crippen LogP contribution is -2.34. The number of ether oxygens (including phenoxy) is 2. The van der Waals surface area contributed by atoms with Gasteiger partial charge < -0.3 is 25.2 Å². The standard InChI is InChI=1S/C32H36NO11P/c33-29(32(37)38)22-43-45(39,40)42-18-8-2-7-17-41-31(36)21-27(35)20-26(34)19-25-11-5-6-12-30(25)44-28-15-13-24(14-16-28)23-9-3-1-4-10-23/h1,3-6,9-16,29H,2,7-8,17-22,33H2,(H,37,38)(H,39,40)/t29-/m0/s1. The van der Waals surface area contributed by atoms with E-state index in [1.54, 1.807) is 24.3 Å². The number of phosphoric acid groups is 1. The Morgan fingerprint density at radius 3 is 2.11 bits per heavy atom. The second-order valence-corrected chi connectivity index (χ2v) is 11.5. The Hall–Kier alpha value is -4.19. The first kappa shape index (κ1) is 35.3. The van der Waals surface area contributed by atoms with E-state index in [0.29, 0.717) is 36.3 Å². The number of ketones is 2. The molecule has 1 unspecified atom stereocenters. The van der Waals surface area contributed by atoms with Crippen molar-refractivity contribution in [3.8, 4) is 22.6 Å². The summed E-state index contributed by atoms with van der Waals surface area (Å²) < 4.78 is 32.0. The van der Waals surface area contributed by atoms with Crippen molar-refractivity contribution in [1.82, 2.24) is 0 Å². The lowest BCUT2D eigenvalue weighted by atomic mass is 10.0. The molecule has 0 spiro atoms. The molecule has 3 rings (SSSR count). The van der Waals surface area contributed by atoms with Crippen molar-refractivity contribution in [3.05, 3.63) is 84.4 Å². The highest BCUT2D eigenvalue weighted by Gasteiger charge is 2.24. The van der Waals surface area contributed by atoms with E-state index in [-0.39, 0.29) is 25.4 Å². The van der Waals surface area contributed by atoms with Crippen LogP contribution in [0.5, 0.6) is 11.5 Å². The van der Waals surface area contributed by atoms with Crippen molar-refractivity contribution in [3.63, 3.8) is 0 Å². The number of carbonyl (C=O) groups is 4. The molecule has 0 aromatic heterocycles. The van der Waals surface area contributed by atoms with Gasteiger partial charge in [0.1, 0.15) is 29.7 Å². The summed E-state index contributed by atoms with van der Waals surface area (Å²) in [6.07, 6.45) is 0.187. The van der Waals surface area contributed by atoms with Gasteiger partial charge in [0.2, 0.25) is 0 Å². The van der Waals surface area contributed by atoms with Gasteiger partial charge in [0, 0.05) is 12.0 Å². The smallest absolute Gasteiger partial charge is 0.472 e. The first-order chi connectivity index (χ1) is 21.5. The van der Waals surface area contributed by atoms with Crippen molar-refractivity contribution in [2.75, 3.05) is 19.8 Å². The van der Waals surface area contributed by atoms with Crippen LogP contribution in [0, 0.1) is 0 Å². The summed E-state index contributed by atoms with van der Waals surface area (Å²) in [5, 5.41) is 8.65. The van der Waals surface area contributed by atoms with Crippen molar-refractivity contribution >= 4 is 31.3 Å². The highest BCUT2D eigenvalue weighted by Crippen LogP contribution is 2.43. The van der Waals surface area contributed by atoms with Gasteiger partial charge in [-0.2, -0.15) is 0 Å². The summed E-state index contributed by atoms with van der Waals surface area (Å²) >= 11 is 0. The van der Waals surface area contributed by atoms with Crippen LogP contribution >= 0.6 is 7.82 Å². The summed E-state index contributed by atoms with van der Waals surface area (Å²) in [5.41, 5.74) is 7.93. The van der Waals surface area contributed by atoms with Crippen LogP contribution in [-0.2, 0) is 43.9 Å². The maximum absolute atomic E-state index is 12.6. The van der Waals surface area contributed by atoms with E-state index in [0.717, 1.165) is 11.1 Å². The number of hydrogen-bond acceptors (Lipinski definition) is 10. The van der Waals surface area contributed by atoms with E-state index in [1.165, 1.54) is 0 Å². The molecule has 3 aromatic carbocycles. The van der Waals surface area contributed by atoms with Gasteiger partial charge in [-0.05, 0) is 48.6 Å². The Bertz CT molecular complexity index is 1480. The molecule has 0 amide bonds. The highest BCUT2D eigenvalue weighted by molar-refractivity contribution is 7.47. The van der Waals surface area contributed by atoms with Gasteiger partial charge in [-0.15, -0.1) is 0 Å². The van der Waals surface area contributed by atoms with Crippen LogP contribution in [0.25, 0.3) is 11.1 Å². The van der Waals surface area contributed by atoms with Crippen LogP contribution in [0.3, 0.4) is 0 Å². The van der Waals surface area contributed by atoms with Crippen molar-refractivity contribution in [2.45, 2.75) is 44.6 Å². The number of esters is 1. The van der Waals surface area contributed by atoms with E-state index in [1.807, 2.05) is 54.6 Å². The minimum atomic E-state index is -4.44. The second-order valence-electron chi connectivity index (χ2n) is 10.0. The van der Waals surface area contributed by atoms with Gasteiger partial charge in [0.25, 0.3) is 0 Å². The molecule has 12 nitrogen and oxygen atoms in total. The van der Waals surface area contributed by atoms with Crippen molar-refractivity contribution in [1.29, 1.82) is 0 Å². The molecular weight excluding hydrogens is 605 g/mol. The average Bonchev–Trinajstić information content (AvgIpc) is 3.01. The molecular formula is C32H36NO11P. The number of rotatable bonds is 20. The Morgan fingerprint density at radius 2 is 1.40 bits per heavy atom. The summed E-state index contributed by atoms with van der Waals surface area (Å²) in [6, 6.07) is 23.1. The lowest BCUT2D eigenvalue weighted by Gasteiger charge is -2.13. The fraction of sp³-hybridized carbons (Fsp3) is 0.312. The molecule has 0 heterocycles. The van der Waals surface area contributed by atoms with Crippen LogP contribution < -0.4 is 10.5 Å². The van der Waals surface area contributed by atoms with E-state index in [4.69, 9.17) is 24.8 Å². The number of unbranched alkanes of at least 4 members (excludes halogenated alkanes) is 2. The molecule has 0 fully saturated rings. The van der Waals surface area contributed by atoms with E-state index >= 15 is 0 Å². The Kier molecular flexibility index (Phi) is 14.1. The number of carboxylic acid groups (broad SMARTS) is 1. The normalized spacial score (nSPS) is 12.9. The number of carbonyl (C=O) groups excluding carboxylic acids is 3. The maximum atomic E-state index is 12.6. The fourth-order valence-electron chi connectivity index (χ4n) is 4.02. The molecule has 0 radical (unpaired) electrons. The third kappa shape index (κ3) is 13.1. The van der Waals surface area contributed by atoms with Crippen LogP contribution in [0.15, 0.2) is 78.9 Å². The predicted molar refractivity (Wildman–Crippen MR) is 163 cm³/mol. The SMILES string of the molecule is N[C@@H](COP(=O)(O)OCCCCCOC(=O)CC(=O)CC(=O)Cc1ccccc1Oc1ccc(-c2ccccc2)cc1)C(=O)O. The Morgan fingerprint density at radius 1 is 0.756 bits per heavy atom. The van der Waals surface area contributed by atoms with E-state index in [9.17, 15) is 28.6 Å². The fourth-order valence-corrected chi connectivity index (χ4v) is 4.80. The number of para-hydroxylation sites is 1. The molecule has 45 heavy (non-hydrogen) atoms. The molecule has 0 bridgehead atoms. The summed E-state index contributed by atoms with van der Waals surface area (Å²) in [4.78, 5) is 57.1. The van der Waals surface area contributed by atoms with Gasteiger partial charge in [0.15, 0.2) is 5.78 Å². The van der Waals surface area contributed by atoms with Gasteiger partial charge in [0.05, 0.1) is 26.2 Å². The number of aliphatic carboxylic acids is 1. The molecule has 0 aliphatic heterocycles. The number of benzene rings is 3. The predicted octanol–water partition coefficient (Wildman–Crippen LogP) is 4.87. The Labute approximate surface area is 260 Å². The van der Waals surface area contributed by atoms with E-state index < -0.39 is 51.0 Å². The molecule has 0 aliphatic carbocycles. The highest BCUT2D eigenvalue weighted by atomic mass is 31.2. The zero-order chi connectivity index (χ0) is 32.7. The lowest BCUT2D eigenvalue weighted by molar-refractivity contribution is -0.146. The number of phosphoric ester groups is 1. The van der Waals surface area contributed by atoms with Gasteiger partial charge in [-0.25, -0.2) is 4.57 Å². The molecule has 2 atom stereocenters. The van der Waals surface area contributed by atoms with Crippen LogP contribution in [0.4, 0.5) is 0 Å². The number of carboxylic acids is 1. The van der Waals surface area contributed by atoms with Crippen LogP contribution in [0.1, 0.15) is 37.7 Å². The van der Waals surface area contributed by atoms with Gasteiger partial charge in [-0.3, -0.25) is 28.2 Å². The molecule has 13 heteroatoms. The number of hydrogen-bond donors (Lipinski definition) is 3. The third-order valence-corrected chi connectivity index (χ3v) is 7.31. The molecule has 0 aliphatic rings. The quantitative estimate of drug-likeness (QED) is 0.0658. The molecule has 4 N–H and O–H groups in total. The maximum Gasteiger partial charge on any atom is 0.472 e. The number of Topliss-reactive ketones (excluding diaryl/α,β-unsaturated/α-hetero) is 2. The average molecular weight is 642 g/mol. The summed E-state index contributed by atoms with van der Waals surface area (Å²) in [7, 11) is -4.44. The first-order valence-corrected chi connectivity index (χ1v) is 15.7. The molecule has 0 saturated carbocycles. The van der Waals surface area contributed by atoms with Crippen LogP contribution in [0.2, 0.25) is 0 Å². The monoisotopic (exact) mass is 641 g/mol. The van der Waals surface area contributed by atoms with E-state index in [2.05, 4.69) is 4.52 Å². The summed E-state index contributed by atoms with van der Waals surface area (Å²) in [6.45, 7) is -0.826. The van der Waals surface area contributed by atoms with Gasteiger partial charge in [-0.1, -0.05) is 60.7 Å². The topological polar surface area (TPSA) is 189 Å². The second kappa shape index (κ2) is 17.9. The zero-order valence-corrected chi connectivity index (χ0v) is 25.4. The van der Waals surface area contributed by atoms with Gasteiger partial charge >= 0.3 is 19.8 Å². The van der Waals surface area contributed by atoms with Crippen LogP contribution in [-0.4, -0.2) is 59.4 Å². The first-order valence-electron chi connectivity index (χ1n) is 14.2. The number of nitrogens with two attached hydrogens (primary N) is 1.